The highest BCUT2D eigenvalue weighted by atomic mass is 16.5. The van der Waals surface area contributed by atoms with Crippen LogP contribution in [0.1, 0.15) is 29.8 Å². The Balaban J connectivity index is 2.14. The lowest BCUT2D eigenvalue weighted by atomic mass is 10.1. The van der Waals surface area contributed by atoms with Gasteiger partial charge in [-0.15, -0.1) is 0 Å². The Kier molecular flexibility index (Phi) is 4.58. The molecule has 4 nitrogen and oxygen atoms in total. The predicted molar refractivity (Wildman–Crippen MR) is 76.9 cm³/mol. The summed E-state index contributed by atoms with van der Waals surface area (Å²) < 4.78 is 10.8. The first-order valence-corrected chi connectivity index (χ1v) is 6.51. The molecule has 0 fully saturated rings. The molecule has 0 bridgehead atoms. The second-order valence-corrected chi connectivity index (χ2v) is 4.68. The number of rotatable bonds is 5. The van der Waals surface area contributed by atoms with Crippen LogP contribution in [-0.4, -0.2) is 17.2 Å². The van der Waals surface area contributed by atoms with Crippen molar-refractivity contribution in [2.45, 2.75) is 26.6 Å². The van der Waals surface area contributed by atoms with Crippen molar-refractivity contribution >= 4 is 0 Å². The van der Waals surface area contributed by atoms with Crippen molar-refractivity contribution in [3.8, 4) is 11.6 Å². The number of benzene rings is 1. The number of nitrogens with zero attached hydrogens (tertiary/aromatic N) is 1. The van der Waals surface area contributed by atoms with E-state index in [-0.39, 0.29) is 0 Å². The lowest BCUT2D eigenvalue weighted by Gasteiger charge is -2.14. The fraction of sp³-hybridized carbons (Fsp3) is 0.312. The van der Waals surface area contributed by atoms with E-state index in [9.17, 15) is 5.11 Å². The zero-order valence-corrected chi connectivity index (χ0v) is 12.0. The Hall–Kier alpha value is -2.07. The Morgan fingerprint density at radius 1 is 1.25 bits per heavy atom. The van der Waals surface area contributed by atoms with E-state index in [4.69, 9.17) is 9.47 Å². The summed E-state index contributed by atoms with van der Waals surface area (Å²) in [6.45, 7) is 4.05. The molecule has 0 aliphatic heterocycles. The van der Waals surface area contributed by atoms with Gasteiger partial charge in [-0.3, -0.25) is 0 Å². The predicted octanol–water partition coefficient (Wildman–Crippen LogP) is 3.03. The van der Waals surface area contributed by atoms with Crippen LogP contribution in [0.5, 0.6) is 11.6 Å². The number of hydrogen-bond acceptors (Lipinski definition) is 4. The van der Waals surface area contributed by atoms with Crippen LogP contribution in [0, 0.1) is 6.92 Å². The fourth-order valence-corrected chi connectivity index (χ4v) is 1.93. The zero-order valence-electron chi connectivity index (χ0n) is 12.0. The van der Waals surface area contributed by atoms with Gasteiger partial charge in [0.2, 0.25) is 5.88 Å². The van der Waals surface area contributed by atoms with Crippen molar-refractivity contribution in [3.63, 3.8) is 0 Å². The number of methoxy groups -OCH3 is 1. The van der Waals surface area contributed by atoms with E-state index in [0.29, 0.717) is 18.2 Å². The third-order valence-electron chi connectivity index (χ3n) is 2.98. The number of pyridine rings is 1. The maximum atomic E-state index is 9.79. The number of aliphatic hydroxyl groups excluding tert-OH is 1. The summed E-state index contributed by atoms with van der Waals surface area (Å²) in [6.07, 6.45) is -0.567. The van der Waals surface area contributed by atoms with E-state index in [0.717, 1.165) is 16.8 Å². The van der Waals surface area contributed by atoms with Gasteiger partial charge in [0.1, 0.15) is 12.4 Å². The van der Waals surface area contributed by atoms with Gasteiger partial charge in [-0.1, -0.05) is 17.7 Å². The molecule has 0 aliphatic rings. The fourth-order valence-electron chi connectivity index (χ4n) is 1.93. The van der Waals surface area contributed by atoms with Crippen molar-refractivity contribution in [2.24, 2.45) is 0 Å². The molecule has 0 spiro atoms. The molecule has 1 atom stereocenters. The average molecular weight is 273 g/mol. The minimum atomic E-state index is -0.567. The smallest absolute Gasteiger partial charge is 0.213 e. The standard InChI is InChI=1S/C16H19NO3/c1-11-7-8-15(14(9-11)12(2)18)20-10-13-5-4-6-16(17-13)19-3/h4-9,12,18H,10H2,1-3H3/t12-/m0/s1. The van der Waals surface area contributed by atoms with Gasteiger partial charge in [-0.25, -0.2) is 4.98 Å². The molecule has 0 saturated carbocycles. The number of aliphatic hydroxyl groups is 1. The maximum Gasteiger partial charge on any atom is 0.213 e. The molecule has 1 aromatic carbocycles. The van der Waals surface area contributed by atoms with Gasteiger partial charge in [0.25, 0.3) is 0 Å². The molecule has 2 rings (SSSR count). The summed E-state index contributed by atoms with van der Waals surface area (Å²) in [7, 11) is 1.58. The second-order valence-electron chi connectivity index (χ2n) is 4.68. The molecule has 0 aliphatic carbocycles. The van der Waals surface area contributed by atoms with E-state index >= 15 is 0 Å². The molecule has 0 unspecified atom stereocenters. The van der Waals surface area contributed by atoms with Crippen molar-refractivity contribution in [3.05, 3.63) is 53.2 Å². The largest absolute Gasteiger partial charge is 0.487 e. The molecule has 0 amide bonds. The lowest BCUT2D eigenvalue weighted by Crippen LogP contribution is -2.03. The van der Waals surface area contributed by atoms with E-state index in [1.165, 1.54) is 0 Å². The van der Waals surface area contributed by atoms with Crippen molar-refractivity contribution in [1.82, 2.24) is 4.98 Å². The highest BCUT2D eigenvalue weighted by Gasteiger charge is 2.10. The molecule has 1 heterocycles. The van der Waals surface area contributed by atoms with Crippen LogP contribution >= 0.6 is 0 Å². The number of ether oxygens (including phenoxy) is 2. The van der Waals surface area contributed by atoms with Gasteiger partial charge in [0, 0.05) is 11.6 Å². The SMILES string of the molecule is COc1cccc(COc2ccc(C)cc2[C@H](C)O)n1. The van der Waals surface area contributed by atoms with Gasteiger partial charge < -0.3 is 14.6 Å². The van der Waals surface area contributed by atoms with Crippen LogP contribution < -0.4 is 9.47 Å². The molecule has 0 saturated heterocycles. The van der Waals surface area contributed by atoms with Crippen LogP contribution in [0.2, 0.25) is 0 Å². The van der Waals surface area contributed by atoms with Crippen LogP contribution in [0.15, 0.2) is 36.4 Å². The van der Waals surface area contributed by atoms with Crippen molar-refractivity contribution in [2.75, 3.05) is 7.11 Å². The number of aryl methyl sites for hydroxylation is 1. The van der Waals surface area contributed by atoms with Crippen molar-refractivity contribution in [1.29, 1.82) is 0 Å². The summed E-state index contributed by atoms with van der Waals surface area (Å²) in [5, 5.41) is 9.79. The Morgan fingerprint density at radius 2 is 2.05 bits per heavy atom. The van der Waals surface area contributed by atoms with Crippen LogP contribution in [0.3, 0.4) is 0 Å². The second kappa shape index (κ2) is 6.39. The summed E-state index contributed by atoms with van der Waals surface area (Å²) in [6, 6.07) is 11.3. The number of aromatic nitrogens is 1. The van der Waals surface area contributed by atoms with Crippen LogP contribution in [0.25, 0.3) is 0 Å². The monoisotopic (exact) mass is 273 g/mol. The highest BCUT2D eigenvalue weighted by Crippen LogP contribution is 2.26. The van der Waals surface area contributed by atoms with E-state index < -0.39 is 6.10 Å². The third kappa shape index (κ3) is 3.48. The van der Waals surface area contributed by atoms with Gasteiger partial charge >= 0.3 is 0 Å². The summed E-state index contributed by atoms with van der Waals surface area (Å²) in [5.41, 5.74) is 2.65. The molecule has 20 heavy (non-hydrogen) atoms. The van der Waals surface area contributed by atoms with E-state index in [1.807, 2.05) is 37.3 Å². The lowest BCUT2D eigenvalue weighted by molar-refractivity contribution is 0.189. The maximum absolute atomic E-state index is 9.79. The van der Waals surface area contributed by atoms with E-state index in [2.05, 4.69) is 4.98 Å². The summed E-state index contributed by atoms with van der Waals surface area (Å²) in [5.74, 6) is 1.24. The van der Waals surface area contributed by atoms with Crippen LogP contribution in [0.4, 0.5) is 0 Å². The quantitative estimate of drug-likeness (QED) is 0.909. The normalized spacial score (nSPS) is 12.0. The topological polar surface area (TPSA) is 51.6 Å². The third-order valence-corrected chi connectivity index (χ3v) is 2.98. The first-order chi connectivity index (χ1) is 9.60. The van der Waals surface area contributed by atoms with Crippen LogP contribution in [-0.2, 0) is 6.61 Å². The van der Waals surface area contributed by atoms with Gasteiger partial charge in [0.05, 0.1) is 18.9 Å². The summed E-state index contributed by atoms with van der Waals surface area (Å²) in [4.78, 5) is 4.29. The van der Waals surface area contributed by atoms with Crippen molar-refractivity contribution < 1.29 is 14.6 Å². The molecule has 1 N–H and O–H groups in total. The highest BCUT2D eigenvalue weighted by molar-refractivity contribution is 5.38. The molecular formula is C16H19NO3. The summed E-state index contributed by atoms with van der Waals surface area (Å²) >= 11 is 0. The molecule has 4 heteroatoms. The molecular weight excluding hydrogens is 254 g/mol. The Labute approximate surface area is 119 Å². The first-order valence-electron chi connectivity index (χ1n) is 6.51. The minimum absolute atomic E-state index is 0.333. The van der Waals surface area contributed by atoms with Gasteiger partial charge in [-0.05, 0) is 32.0 Å². The molecule has 0 radical (unpaired) electrons. The Morgan fingerprint density at radius 3 is 2.75 bits per heavy atom. The van der Waals surface area contributed by atoms with E-state index in [1.54, 1.807) is 20.1 Å². The minimum Gasteiger partial charge on any atom is -0.487 e. The Bertz CT molecular complexity index is 582. The van der Waals surface area contributed by atoms with Gasteiger partial charge in [0.15, 0.2) is 0 Å². The van der Waals surface area contributed by atoms with Gasteiger partial charge in [-0.2, -0.15) is 0 Å². The molecule has 1 aromatic heterocycles. The molecule has 2 aromatic rings. The average Bonchev–Trinajstić information content (AvgIpc) is 2.46. The zero-order chi connectivity index (χ0) is 14.5. The molecule has 106 valence electrons. The number of hydrogen-bond donors (Lipinski definition) is 1. The first kappa shape index (κ1) is 14.3.